The van der Waals surface area contributed by atoms with E-state index >= 15 is 0 Å². The second-order valence-electron chi connectivity index (χ2n) is 7.93. The molecule has 4 aliphatic rings. The zero-order valence-corrected chi connectivity index (χ0v) is 14.2. The molecule has 5 rings (SSSR count). The van der Waals surface area contributed by atoms with E-state index in [1.807, 2.05) is 11.1 Å². The number of rotatable bonds is 4. The van der Waals surface area contributed by atoms with Crippen molar-refractivity contribution in [3.63, 3.8) is 0 Å². The summed E-state index contributed by atoms with van der Waals surface area (Å²) in [6.45, 7) is 4.26. The lowest BCUT2D eigenvalue weighted by Gasteiger charge is -2.26. The number of aromatic nitrogens is 2. The van der Waals surface area contributed by atoms with E-state index in [-0.39, 0.29) is 17.4 Å². The molecule has 1 saturated heterocycles. The molecule has 0 unspecified atom stereocenters. The van der Waals surface area contributed by atoms with E-state index in [0.29, 0.717) is 17.9 Å². The number of carbonyl (C=O) groups is 1. The van der Waals surface area contributed by atoms with Crippen molar-refractivity contribution in [1.29, 1.82) is 0 Å². The van der Waals surface area contributed by atoms with Crippen LogP contribution in [0.15, 0.2) is 6.20 Å². The van der Waals surface area contributed by atoms with Gasteiger partial charge in [0.05, 0.1) is 5.41 Å². The maximum absolute atomic E-state index is 13.1. The van der Waals surface area contributed by atoms with Crippen molar-refractivity contribution in [2.75, 3.05) is 23.3 Å². The van der Waals surface area contributed by atoms with Gasteiger partial charge in [-0.15, -0.1) is 0 Å². The van der Waals surface area contributed by atoms with Gasteiger partial charge in [0, 0.05) is 23.8 Å². The van der Waals surface area contributed by atoms with Crippen LogP contribution in [0.2, 0.25) is 0 Å². The SMILES string of the molecule is C[C@@H](C1CC1)N1C(=O)C2(CC2)c2cnc(NC3CCNCC3)nc21. The molecule has 0 aromatic carbocycles. The highest BCUT2D eigenvalue weighted by molar-refractivity contribution is 6.09. The topological polar surface area (TPSA) is 70.2 Å². The first-order valence-electron chi connectivity index (χ1n) is 9.37. The first-order valence-corrected chi connectivity index (χ1v) is 9.37. The Morgan fingerprint density at radius 2 is 2.04 bits per heavy atom. The summed E-state index contributed by atoms with van der Waals surface area (Å²) in [5.74, 6) is 2.47. The summed E-state index contributed by atoms with van der Waals surface area (Å²) in [7, 11) is 0. The average molecular weight is 327 g/mol. The minimum absolute atomic E-state index is 0.262. The Labute approximate surface area is 142 Å². The van der Waals surface area contributed by atoms with Crippen molar-refractivity contribution in [3.8, 4) is 0 Å². The molecular formula is C18H25N5O. The number of amides is 1. The fraction of sp³-hybridized carbons (Fsp3) is 0.722. The summed E-state index contributed by atoms with van der Waals surface area (Å²) in [6.07, 6.45) is 8.47. The molecule has 24 heavy (non-hydrogen) atoms. The van der Waals surface area contributed by atoms with Gasteiger partial charge >= 0.3 is 0 Å². The third kappa shape index (κ3) is 2.15. The third-order valence-corrected chi connectivity index (χ3v) is 6.27. The molecule has 2 saturated carbocycles. The molecule has 1 spiro atoms. The number of anilines is 2. The van der Waals surface area contributed by atoms with Gasteiger partial charge in [0.15, 0.2) is 0 Å². The van der Waals surface area contributed by atoms with E-state index < -0.39 is 0 Å². The standard InChI is InChI=1S/C18H25N5O/c1-11(12-2-3-12)23-15-14(18(6-7-18)16(23)24)10-20-17(22-15)21-13-4-8-19-9-5-13/h10-13,19H,2-9H2,1H3,(H,20,21,22)/t11-/m0/s1. The van der Waals surface area contributed by atoms with Gasteiger partial charge in [-0.05, 0) is 64.5 Å². The molecule has 3 fully saturated rings. The van der Waals surface area contributed by atoms with Gasteiger partial charge in [0.1, 0.15) is 5.82 Å². The maximum atomic E-state index is 13.1. The molecule has 1 aromatic rings. The zero-order chi connectivity index (χ0) is 16.3. The lowest BCUT2D eigenvalue weighted by Crippen LogP contribution is -2.40. The van der Waals surface area contributed by atoms with Crippen LogP contribution in [-0.4, -0.2) is 41.0 Å². The summed E-state index contributed by atoms with van der Waals surface area (Å²) in [5.41, 5.74) is 0.780. The van der Waals surface area contributed by atoms with Crippen molar-refractivity contribution in [2.24, 2.45) is 5.92 Å². The van der Waals surface area contributed by atoms with Crippen LogP contribution in [-0.2, 0) is 10.2 Å². The number of piperidine rings is 1. The lowest BCUT2D eigenvalue weighted by atomic mass is 10.0. The Bertz CT molecular complexity index is 676. The average Bonchev–Trinajstić information content (AvgIpc) is 3.48. The molecular weight excluding hydrogens is 302 g/mol. The predicted molar refractivity (Wildman–Crippen MR) is 92.1 cm³/mol. The van der Waals surface area contributed by atoms with Gasteiger partial charge in [-0.2, -0.15) is 4.98 Å². The van der Waals surface area contributed by atoms with Gasteiger partial charge in [-0.25, -0.2) is 4.98 Å². The fourth-order valence-corrected chi connectivity index (χ4v) is 4.33. The zero-order valence-electron chi connectivity index (χ0n) is 14.2. The van der Waals surface area contributed by atoms with Crippen LogP contribution in [0.1, 0.15) is 51.0 Å². The Balaban J connectivity index is 1.46. The second kappa shape index (κ2) is 5.15. The van der Waals surface area contributed by atoms with Crippen molar-refractivity contribution < 1.29 is 4.79 Å². The van der Waals surface area contributed by atoms with Crippen LogP contribution in [0.5, 0.6) is 0 Å². The van der Waals surface area contributed by atoms with Crippen LogP contribution < -0.4 is 15.5 Å². The molecule has 0 radical (unpaired) electrons. The Morgan fingerprint density at radius 3 is 2.71 bits per heavy atom. The molecule has 1 atom stereocenters. The van der Waals surface area contributed by atoms with Gasteiger partial charge in [-0.3, -0.25) is 9.69 Å². The second-order valence-corrected chi connectivity index (χ2v) is 7.93. The van der Waals surface area contributed by atoms with Gasteiger partial charge in [0.2, 0.25) is 11.9 Å². The van der Waals surface area contributed by atoms with E-state index in [1.165, 1.54) is 12.8 Å². The summed E-state index contributed by atoms with van der Waals surface area (Å²) >= 11 is 0. The highest BCUT2D eigenvalue weighted by atomic mass is 16.2. The van der Waals surface area contributed by atoms with Crippen LogP contribution in [0.25, 0.3) is 0 Å². The monoisotopic (exact) mass is 327 g/mol. The van der Waals surface area contributed by atoms with E-state index in [4.69, 9.17) is 4.98 Å². The molecule has 1 aromatic heterocycles. The predicted octanol–water partition coefficient (Wildman–Crippen LogP) is 1.82. The Hall–Kier alpha value is -1.69. The van der Waals surface area contributed by atoms with Crippen LogP contribution in [0.4, 0.5) is 11.8 Å². The highest BCUT2D eigenvalue weighted by Gasteiger charge is 2.61. The smallest absolute Gasteiger partial charge is 0.239 e. The molecule has 1 amide bonds. The van der Waals surface area contributed by atoms with Gasteiger partial charge < -0.3 is 10.6 Å². The Kier molecular flexibility index (Phi) is 3.14. The number of nitrogens with zero attached hydrogens (tertiary/aromatic N) is 3. The maximum Gasteiger partial charge on any atom is 0.239 e. The summed E-state index contributed by atoms with van der Waals surface area (Å²) < 4.78 is 0. The van der Waals surface area contributed by atoms with E-state index in [2.05, 4.69) is 22.5 Å². The van der Waals surface area contributed by atoms with Crippen molar-refractivity contribution >= 4 is 17.7 Å². The quantitative estimate of drug-likeness (QED) is 0.883. The number of carbonyl (C=O) groups excluding carboxylic acids is 1. The first kappa shape index (κ1) is 14.6. The third-order valence-electron chi connectivity index (χ3n) is 6.27. The fourth-order valence-electron chi connectivity index (χ4n) is 4.33. The Morgan fingerprint density at radius 1 is 1.29 bits per heavy atom. The number of hydrogen-bond donors (Lipinski definition) is 2. The van der Waals surface area contributed by atoms with Crippen molar-refractivity contribution in [2.45, 2.75) is 62.9 Å². The number of fused-ring (bicyclic) bond motifs is 2. The molecule has 128 valence electrons. The van der Waals surface area contributed by atoms with Crippen LogP contribution >= 0.6 is 0 Å². The lowest BCUT2D eigenvalue weighted by molar-refractivity contribution is -0.120. The molecule has 6 nitrogen and oxygen atoms in total. The minimum atomic E-state index is -0.286. The summed E-state index contributed by atoms with van der Waals surface area (Å²) in [5, 5.41) is 6.85. The van der Waals surface area contributed by atoms with Gasteiger partial charge in [-0.1, -0.05) is 0 Å². The van der Waals surface area contributed by atoms with Crippen molar-refractivity contribution in [1.82, 2.24) is 15.3 Å². The molecule has 2 aliphatic carbocycles. The minimum Gasteiger partial charge on any atom is -0.351 e. The van der Waals surface area contributed by atoms with E-state index in [1.54, 1.807) is 0 Å². The molecule has 3 heterocycles. The number of hydrogen-bond acceptors (Lipinski definition) is 5. The summed E-state index contributed by atoms with van der Waals surface area (Å²) in [4.78, 5) is 24.4. The van der Waals surface area contributed by atoms with Crippen LogP contribution in [0, 0.1) is 5.92 Å². The highest BCUT2D eigenvalue weighted by Crippen LogP contribution is 2.58. The van der Waals surface area contributed by atoms with Gasteiger partial charge in [0.25, 0.3) is 0 Å². The number of nitrogens with one attached hydrogen (secondary N) is 2. The molecule has 0 bridgehead atoms. The molecule has 6 heteroatoms. The normalized spacial score (nSPS) is 26.5. The largest absolute Gasteiger partial charge is 0.351 e. The first-order chi connectivity index (χ1) is 11.7. The summed E-state index contributed by atoms with van der Waals surface area (Å²) in [6, 6.07) is 0.684. The van der Waals surface area contributed by atoms with Crippen molar-refractivity contribution in [3.05, 3.63) is 11.8 Å². The van der Waals surface area contributed by atoms with E-state index in [9.17, 15) is 4.79 Å². The molecule has 2 N–H and O–H groups in total. The van der Waals surface area contributed by atoms with Crippen LogP contribution in [0.3, 0.4) is 0 Å². The molecule has 2 aliphatic heterocycles. The van der Waals surface area contributed by atoms with E-state index in [0.717, 1.165) is 50.2 Å².